The predicted octanol–water partition coefficient (Wildman–Crippen LogP) is 2.99. The number of alkyl halides is 10. The smallest absolute Gasteiger partial charge is 1.00 e. The maximum Gasteiger partial charge on any atom is 1.00 e. The van der Waals surface area contributed by atoms with Crippen LogP contribution in [0, 0.1) is 11.8 Å². The van der Waals surface area contributed by atoms with E-state index in [-0.39, 0.29) is 43.9 Å². The molecule has 2 amide bonds. The minimum Gasteiger partial charge on any atom is -1.00 e. The van der Waals surface area contributed by atoms with Crippen LogP contribution in [0.4, 0.5) is 26.3 Å². The maximum absolute atomic E-state index is 12.1. The van der Waals surface area contributed by atoms with Crippen LogP contribution in [0.3, 0.4) is 0 Å². The molecule has 0 aromatic rings. The molecule has 0 radical (unpaired) electrons. The summed E-state index contributed by atoms with van der Waals surface area (Å²) in [7, 11) is 0. The van der Waals surface area contributed by atoms with Crippen molar-refractivity contribution in [3.63, 3.8) is 0 Å². The molecule has 2 unspecified atom stereocenters. The van der Waals surface area contributed by atoms with Gasteiger partial charge >= 0.3 is 32.2 Å². The minimum atomic E-state index is -3.67. The van der Waals surface area contributed by atoms with Crippen LogP contribution in [-0.4, -0.2) is 38.0 Å². The second-order valence-corrected chi connectivity index (χ2v) is 8.70. The van der Waals surface area contributed by atoms with E-state index in [1.807, 2.05) is 12.2 Å². The molecule has 1 heterocycles. The molecule has 1 aliphatic carbocycles. The fourth-order valence-corrected chi connectivity index (χ4v) is 3.45. The first kappa shape index (κ1) is 29.8. The third kappa shape index (κ3) is 10.8. The van der Waals surface area contributed by atoms with Crippen molar-refractivity contribution >= 4 is 70.2 Å². The summed E-state index contributed by atoms with van der Waals surface area (Å²) >= 11 is 23.7. The topological polar surface area (TPSA) is 37.4 Å². The summed E-state index contributed by atoms with van der Waals surface area (Å²) in [5.74, 6) is -1.19. The molecule has 27 heavy (non-hydrogen) atoms. The van der Waals surface area contributed by atoms with Crippen molar-refractivity contribution in [2.45, 2.75) is 34.7 Å². The number of fused-ring (bicyclic) bond motifs is 1. The van der Waals surface area contributed by atoms with Crippen LogP contribution in [0.2, 0.25) is 0 Å². The zero-order valence-corrected chi connectivity index (χ0v) is 17.2. The van der Waals surface area contributed by atoms with Gasteiger partial charge < -0.3 is 1.43 Å². The van der Waals surface area contributed by atoms with Gasteiger partial charge in [-0.25, -0.2) is 4.31 Å². The fraction of sp³-hybridized carbons (Fsp3) is 0.667. The Kier molecular flexibility index (Phi) is 15.1. The molecule has 0 N–H and O–H groups in total. The van der Waals surface area contributed by atoms with Crippen LogP contribution in [0.15, 0.2) is 12.2 Å². The van der Waals surface area contributed by atoms with E-state index in [9.17, 15) is 35.9 Å². The molecule has 1 fully saturated rings. The third-order valence-electron chi connectivity index (χ3n) is 2.93. The molecule has 0 saturated carbocycles. The van der Waals surface area contributed by atoms with Gasteiger partial charge in [0.2, 0.25) is 15.5 Å². The average molecular weight is 497 g/mol. The van der Waals surface area contributed by atoms with Gasteiger partial charge in [-0.2, -0.15) is 26.3 Å². The Labute approximate surface area is 188 Å². The second kappa shape index (κ2) is 13.7. The van der Waals surface area contributed by atoms with Gasteiger partial charge in [0.05, 0.1) is 11.8 Å². The number of carbonyl (C=O) groups excluding carboxylic acids is 2. The molecular formula is C12H12Cl4F6LiNO2S. The summed E-state index contributed by atoms with van der Waals surface area (Å²) in [6, 6.07) is 0. The van der Waals surface area contributed by atoms with E-state index in [4.69, 9.17) is 46.4 Å². The SMILES string of the molecule is FC(F)F.FC(F)F.O=C1C2CC=CCC2C(=O)N1SC(Cl)(Cl)C(Cl)Cl.[H-].[Li+]. The van der Waals surface area contributed by atoms with Crippen LogP contribution in [0.5, 0.6) is 0 Å². The number of nitrogens with zero attached hydrogens (tertiary/aromatic N) is 1. The Bertz CT molecular complexity index is 487. The van der Waals surface area contributed by atoms with E-state index < -0.39 is 21.9 Å². The summed E-state index contributed by atoms with van der Waals surface area (Å²) in [5, 5.41) is 0. The van der Waals surface area contributed by atoms with Gasteiger partial charge in [0.1, 0.15) is 0 Å². The first-order valence-corrected chi connectivity index (χ1v) is 8.93. The Morgan fingerprint density at radius 1 is 0.963 bits per heavy atom. The normalized spacial score (nSPS) is 21.4. The van der Waals surface area contributed by atoms with E-state index in [0.717, 1.165) is 4.31 Å². The molecule has 2 aliphatic rings. The zero-order valence-electron chi connectivity index (χ0n) is 14.4. The Hall–Kier alpha value is 0.567. The van der Waals surface area contributed by atoms with Gasteiger partial charge in [-0.1, -0.05) is 35.4 Å². The van der Waals surface area contributed by atoms with Crippen molar-refractivity contribution < 1.29 is 56.2 Å². The van der Waals surface area contributed by atoms with E-state index in [1.165, 1.54) is 0 Å². The first-order valence-electron chi connectivity index (χ1n) is 6.53. The van der Waals surface area contributed by atoms with Crippen molar-refractivity contribution in [1.82, 2.24) is 4.31 Å². The number of imide groups is 1. The van der Waals surface area contributed by atoms with Crippen molar-refractivity contribution in [3.8, 4) is 0 Å². The van der Waals surface area contributed by atoms with Gasteiger partial charge in [0.15, 0.2) is 4.84 Å². The molecule has 15 heteroatoms. The summed E-state index contributed by atoms with van der Waals surface area (Å²) in [4.78, 5) is 23.1. The zero-order chi connectivity index (χ0) is 20.7. The van der Waals surface area contributed by atoms with Gasteiger partial charge in [0.25, 0.3) is 0 Å². The largest absolute Gasteiger partial charge is 1.00 e. The Balaban J connectivity index is -0.000000537. The summed E-state index contributed by atoms with van der Waals surface area (Å²) in [6.45, 7) is -7.33. The van der Waals surface area contributed by atoms with Crippen LogP contribution in [-0.2, 0) is 9.59 Å². The van der Waals surface area contributed by atoms with Crippen molar-refractivity contribution in [2.75, 3.05) is 0 Å². The van der Waals surface area contributed by atoms with Crippen LogP contribution < -0.4 is 18.9 Å². The molecule has 154 valence electrons. The molecule has 1 aliphatic heterocycles. The monoisotopic (exact) mass is 495 g/mol. The number of carbonyl (C=O) groups is 2. The molecule has 0 aromatic heterocycles. The molecule has 0 bridgehead atoms. The first-order chi connectivity index (χ1) is 11.8. The minimum absolute atomic E-state index is 0. The summed E-state index contributed by atoms with van der Waals surface area (Å²) in [6.07, 6.45) is 4.94. The Morgan fingerprint density at radius 3 is 1.52 bits per heavy atom. The number of hydrogen-bond donors (Lipinski definition) is 0. The van der Waals surface area contributed by atoms with Crippen LogP contribution >= 0.6 is 58.4 Å². The molecule has 3 nitrogen and oxygen atoms in total. The van der Waals surface area contributed by atoms with Crippen LogP contribution in [0.25, 0.3) is 0 Å². The predicted molar refractivity (Wildman–Crippen MR) is 90.1 cm³/mol. The summed E-state index contributed by atoms with van der Waals surface area (Å²) in [5.41, 5.74) is 0. The number of halogens is 10. The number of allylic oxidation sites excluding steroid dienone is 2. The van der Waals surface area contributed by atoms with E-state index in [1.54, 1.807) is 0 Å². The van der Waals surface area contributed by atoms with Crippen molar-refractivity contribution in [3.05, 3.63) is 12.2 Å². The second-order valence-electron chi connectivity index (χ2n) is 4.58. The number of amides is 2. The van der Waals surface area contributed by atoms with E-state index in [2.05, 4.69) is 0 Å². The molecule has 2 rings (SSSR count). The number of hydrogen-bond acceptors (Lipinski definition) is 3. The number of rotatable bonds is 3. The quantitative estimate of drug-likeness (QED) is 0.150. The third-order valence-corrected chi connectivity index (χ3v) is 6.17. The van der Waals surface area contributed by atoms with Gasteiger partial charge in [-0.15, -0.1) is 23.2 Å². The average Bonchev–Trinajstić information content (AvgIpc) is 2.71. The van der Waals surface area contributed by atoms with Gasteiger partial charge in [-0.3, -0.25) is 9.59 Å². The molecule has 2 atom stereocenters. The fourth-order valence-electron chi connectivity index (χ4n) is 2.02. The van der Waals surface area contributed by atoms with E-state index >= 15 is 0 Å². The van der Waals surface area contributed by atoms with Crippen molar-refractivity contribution in [2.24, 2.45) is 11.8 Å². The Morgan fingerprint density at radius 2 is 1.26 bits per heavy atom. The van der Waals surface area contributed by atoms with Crippen molar-refractivity contribution in [1.29, 1.82) is 0 Å². The molecular weight excluding hydrogens is 485 g/mol. The maximum atomic E-state index is 12.1. The molecule has 0 aromatic carbocycles. The van der Waals surface area contributed by atoms with Gasteiger partial charge in [0, 0.05) is 11.9 Å². The standard InChI is InChI=1S/C10H9Cl4NO2S.2CHF3.Li.H/c11-9(12)10(13,14)18-15-7(16)5-3-1-2-4-6(5)8(15)17;2*2-1(3)4;;/h1-2,5-6,9H,3-4H2;2*1H;;/q;;;+1;-1. The molecule has 0 spiro atoms. The van der Waals surface area contributed by atoms with Crippen LogP contribution in [0.1, 0.15) is 14.3 Å². The molecule has 1 saturated heterocycles. The van der Waals surface area contributed by atoms with E-state index in [0.29, 0.717) is 24.8 Å². The van der Waals surface area contributed by atoms with Gasteiger partial charge in [-0.05, 0) is 12.8 Å². The summed E-state index contributed by atoms with van der Waals surface area (Å²) < 4.78 is 57.4.